The molecule has 1 aromatic carbocycles. The number of hydrogen-bond donors (Lipinski definition) is 2. The van der Waals surface area contributed by atoms with Crippen LogP contribution in [0.3, 0.4) is 0 Å². The predicted octanol–water partition coefficient (Wildman–Crippen LogP) is 2.04. The molecule has 4 nitrogen and oxygen atoms in total. The number of aryl methyl sites for hydroxylation is 1. The smallest absolute Gasteiger partial charge is 0.254 e. The zero-order valence-corrected chi connectivity index (χ0v) is 10.5. The summed E-state index contributed by atoms with van der Waals surface area (Å²) in [7, 11) is 0. The van der Waals surface area contributed by atoms with Crippen LogP contribution in [-0.4, -0.2) is 10.9 Å². The number of carbonyl (C=O) groups is 1. The maximum absolute atomic E-state index is 13.6. The number of nitrogens with one attached hydrogen (secondary N) is 1. The van der Waals surface area contributed by atoms with Gasteiger partial charge in [-0.25, -0.2) is 9.37 Å². The molecule has 5 heteroatoms. The summed E-state index contributed by atoms with van der Waals surface area (Å²) in [6, 6.07) is 8.97. The van der Waals surface area contributed by atoms with Crippen LogP contribution in [0.4, 0.5) is 10.2 Å². The molecule has 1 heterocycles. The van der Waals surface area contributed by atoms with Gasteiger partial charge in [-0.2, -0.15) is 0 Å². The van der Waals surface area contributed by atoms with Crippen molar-refractivity contribution >= 4 is 11.7 Å². The minimum absolute atomic E-state index is 0.0962. The SMILES string of the molecule is Cc1ccccc1CNC(=O)c1ccnc(N)c1F. The number of nitrogens with zero attached hydrogens (tertiary/aromatic N) is 1. The third kappa shape index (κ3) is 2.88. The van der Waals surface area contributed by atoms with Crippen molar-refractivity contribution < 1.29 is 9.18 Å². The zero-order valence-electron chi connectivity index (χ0n) is 10.5. The van der Waals surface area contributed by atoms with Gasteiger partial charge in [-0.1, -0.05) is 24.3 Å². The van der Waals surface area contributed by atoms with E-state index in [2.05, 4.69) is 10.3 Å². The van der Waals surface area contributed by atoms with E-state index in [1.165, 1.54) is 12.3 Å². The lowest BCUT2D eigenvalue weighted by Gasteiger charge is -2.08. The van der Waals surface area contributed by atoms with Crippen LogP contribution < -0.4 is 11.1 Å². The lowest BCUT2D eigenvalue weighted by Crippen LogP contribution is -2.24. The maximum atomic E-state index is 13.6. The molecule has 1 aromatic heterocycles. The molecule has 0 saturated heterocycles. The molecule has 0 aliphatic heterocycles. The molecule has 0 fully saturated rings. The van der Waals surface area contributed by atoms with Crippen molar-refractivity contribution in [3.8, 4) is 0 Å². The summed E-state index contributed by atoms with van der Waals surface area (Å²) in [5.74, 6) is -1.57. The Balaban J connectivity index is 2.10. The number of nitrogen functional groups attached to an aromatic ring is 1. The van der Waals surface area contributed by atoms with E-state index in [0.717, 1.165) is 11.1 Å². The summed E-state index contributed by atoms with van der Waals surface area (Å²) < 4.78 is 13.6. The van der Waals surface area contributed by atoms with E-state index >= 15 is 0 Å². The number of nitrogens with two attached hydrogens (primary N) is 1. The molecule has 0 atom stereocenters. The highest BCUT2D eigenvalue weighted by Crippen LogP contribution is 2.12. The van der Waals surface area contributed by atoms with Crippen LogP contribution in [0.25, 0.3) is 0 Å². The second-order valence-electron chi connectivity index (χ2n) is 4.17. The normalized spacial score (nSPS) is 10.2. The average Bonchev–Trinajstić information content (AvgIpc) is 2.40. The zero-order chi connectivity index (χ0) is 13.8. The van der Waals surface area contributed by atoms with Gasteiger partial charge in [-0.15, -0.1) is 0 Å². The van der Waals surface area contributed by atoms with Crippen molar-refractivity contribution in [1.82, 2.24) is 10.3 Å². The number of anilines is 1. The minimum atomic E-state index is -0.787. The molecule has 19 heavy (non-hydrogen) atoms. The Morgan fingerprint density at radius 2 is 2.11 bits per heavy atom. The molecule has 0 unspecified atom stereocenters. The lowest BCUT2D eigenvalue weighted by atomic mass is 10.1. The first-order chi connectivity index (χ1) is 9.09. The second-order valence-corrected chi connectivity index (χ2v) is 4.17. The Morgan fingerprint density at radius 1 is 1.37 bits per heavy atom. The molecule has 0 aliphatic rings. The Morgan fingerprint density at radius 3 is 2.84 bits per heavy atom. The first kappa shape index (κ1) is 13.0. The number of carbonyl (C=O) groups excluding carboxylic acids is 1. The van der Waals surface area contributed by atoms with Crippen LogP contribution in [0.1, 0.15) is 21.5 Å². The van der Waals surface area contributed by atoms with Gasteiger partial charge in [-0.3, -0.25) is 4.79 Å². The van der Waals surface area contributed by atoms with Crippen molar-refractivity contribution in [3.05, 3.63) is 59.0 Å². The lowest BCUT2D eigenvalue weighted by molar-refractivity contribution is 0.0947. The monoisotopic (exact) mass is 259 g/mol. The van der Waals surface area contributed by atoms with E-state index < -0.39 is 11.7 Å². The van der Waals surface area contributed by atoms with E-state index in [4.69, 9.17) is 5.73 Å². The van der Waals surface area contributed by atoms with Gasteiger partial charge >= 0.3 is 0 Å². The van der Waals surface area contributed by atoms with Crippen LogP contribution in [0.5, 0.6) is 0 Å². The molecule has 2 aromatic rings. The van der Waals surface area contributed by atoms with E-state index in [-0.39, 0.29) is 11.4 Å². The number of pyridine rings is 1. The minimum Gasteiger partial charge on any atom is -0.381 e. The van der Waals surface area contributed by atoms with Gasteiger partial charge in [0, 0.05) is 12.7 Å². The standard InChI is InChI=1S/C14H14FN3O/c1-9-4-2-3-5-10(9)8-18-14(19)11-6-7-17-13(16)12(11)15/h2-7H,8H2,1H3,(H2,16,17)(H,18,19). The molecule has 0 saturated carbocycles. The Labute approximate surface area is 110 Å². The molecule has 0 radical (unpaired) electrons. The Kier molecular flexibility index (Phi) is 3.75. The number of rotatable bonds is 3. The van der Waals surface area contributed by atoms with Gasteiger partial charge in [0.2, 0.25) is 0 Å². The average molecular weight is 259 g/mol. The van der Waals surface area contributed by atoms with Crippen molar-refractivity contribution in [2.75, 3.05) is 5.73 Å². The number of hydrogen-bond acceptors (Lipinski definition) is 3. The molecule has 3 N–H and O–H groups in total. The summed E-state index contributed by atoms with van der Waals surface area (Å²) in [5.41, 5.74) is 7.28. The van der Waals surface area contributed by atoms with E-state index in [9.17, 15) is 9.18 Å². The molecular formula is C14H14FN3O. The molecule has 0 bridgehead atoms. The highest BCUT2D eigenvalue weighted by molar-refractivity contribution is 5.95. The van der Waals surface area contributed by atoms with E-state index in [1.807, 2.05) is 31.2 Å². The molecule has 2 rings (SSSR count). The van der Waals surface area contributed by atoms with Crippen LogP contribution in [-0.2, 0) is 6.54 Å². The summed E-state index contributed by atoms with van der Waals surface area (Å²) >= 11 is 0. The summed E-state index contributed by atoms with van der Waals surface area (Å²) in [4.78, 5) is 15.4. The third-order valence-electron chi connectivity index (χ3n) is 2.86. The maximum Gasteiger partial charge on any atom is 0.254 e. The van der Waals surface area contributed by atoms with Gasteiger partial charge in [0.15, 0.2) is 11.6 Å². The summed E-state index contributed by atoms with van der Waals surface area (Å²) in [6.07, 6.45) is 1.31. The van der Waals surface area contributed by atoms with E-state index in [0.29, 0.717) is 6.54 Å². The Hall–Kier alpha value is -2.43. The molecule has 1 amide bonds. The van der Waals surface area contributed by atoms with Crippen LogP contribution in [0.2, 0.25) is 0 Å². The van der Waals surface area contributed by atoms with Gasteiger partial charge < -0.3 is 11.1 Å². The fourth-order valence-electron chi connectivity index (χ4n) is 1.71. The molecular weight excluding hydrogens is 245 g/mol. The summed E-state index contributed by atoms with van der Waals surface area (Å²) in [5, 5.41) is 2.66. The van der Waals surface area contributed by atoms with Crippen molar-refractivity contribution in [1.29, 1.82) is 0 Å². The van der Waals surface area contributed by atoms with Crippen molar-refractivity contribution in [2.45, 2.75) is 13.5 Å². The van der Waals surface area contributed by atoms with Gasteiger partial charge in [0.05, 0.1) is 5.56 Å². The molecule has 98 valence electrons. The van der Waals surface area contributed by atoms with Crippen LogP contribution in [0, 0.1) is 12.7 Å². The fourth-order valence-corrected chi connectivity index (χ4v) is 1.71. The number of amides is 1. The fraction of sp³-hybridized carbons (Fsp3) is 0.143. The molecule has 0 spiro atoms. The largest absolute Gasteiger partial charge is 0.381 e. The van der Waals surface area contributed by atoms with Gasteiger partial charge in [-0.05, 0) is 24.1 Å². The molecule has 0 aliphatic carbocycles. The van der Waals surface area contributed by atoms with Gasteiger partial charge in [0.1, 0.15) is 0 Å². The number of aromatic nitrogens is 1. The highest BCUT2D eigenvalue weighted by atomic mass is 19.1. The first-order valence-electron chi connectivity index (χ1n) is 5.82. The van der Waals surface area contributed by atoms with Crippen molar-refractivity contribution in [3.63, 3.8) is 0 Å². The van der Waals surface area contributed by atoms with Crippen LogP contribution in [0.15, 0.2) is 36.5 Å². The number of benzene rings is 1. The number of halogens is 1. The predicted molar refractivity (Wildman–Crippen MR) is 71.0 cm³/mol. The second kappa shape index (κ2) is 5.48. The highest BCUT2D eigenvalue weighted by Gasteiger charge is 2.14. The van der Waals surface area contributed by atoms with Crippen molar-refractivity contribution in [2.24, 2.45) is 0 Å². The topological polar surface area (TPSA) is 68.0 Å². The van der Waals surface area contributed by atoms with Crippen LogP contribution >= 0.6 is 0 Å². The third-order valence-corrected chi connectivity index (χ3v) is 2.86. The Bertz CT molecular complexity index is 613. The quantitative estimate of drug-likeness (QED) is 0.886. The van der Waals surface area contributed by atoms with E-state index in [1.54, 1.807) is 0 Å². The van der Waals surface area contributed by atoms with Gasteiger partial charge in [0.25, 0.3) is 5.91 Å². The summed E-state index contributed by atoms with van der Waals surface area (Å²) in [6.45, 7) is 2.29. The first-order valence-corrected chi connectivity index (χ1v) is 5.82.